The Morgan fingerprint density at radius 3 is 2.68 bits per heavy atom. The number of halogens is 2. The summed E-state index contributed by atoms with van der Waals surface area (Å²) in [7, 11) is 0. The second-order valence-electron chi connectivity index (χ2n) is 7.77. The molecule has 1 saturated heterocycles. The molecule has 164 valence electrons. The third kappa shape index (κ3) is 6.12. The molecule has 3 aromatic carbocycles. The standard InChI is InChI=1S/C25H28Cl2N2O2/c26-21-8-6-20(24(27)16-21)18-31-25-9-7-19-4-1-2-5-22(19)23(25)17-28-10-3-11-29-12-14-30-15-13-29/h1-2,4-9,16,28H,3,10-15,17-18H2. The van der Waals surface area contributed by atoms with Crippen LogP contribution in [0.15, 0.2) is 54.6 Å². The van der Waals surface area contributed by atoms with E-state index in [1.807, 2.05) is 12.1 Å². The van der Waals surface area contributed by atoms with E-state index in [0.29, 0.717) is 16.7 Å². The molecule has 0 aromatic heterocycles. The molecule has 1 N–H and O–H groups in total. The lowest BCUT2D eigenvalue weighted by molar-refractivity contribution is 0.0374. The highest BCUT2D eigenvalue weighted by Gasteiger charge is 2.12. The topological polar surface area (TPSA) is 33.7 Å². The fourth-order valence-corrected chi connectivity index (χ4v) is 4.36. The summed E-state index contributed by atoms with van der Waals surface area (Å²) < 4.78 is 11.6. The number of fused-ring (bicyclic) bond motifs is 1. The quantitative estimate of drug-likeness (QED) is 0.426. The summed E-state index contributed by atoms with van der Waals surface area (Å²) in [6.45, 7) is 6.99. The first-order valence-corrected chi connectivity index (χ1v) is 11.5. The van der Waals surface area contributed by atoms with Crippen LogP contribution in [0, 0.1) is 0 Å². The predicted octanol–water partition coefficient (Wildman–Crippen LogP) is 5.54. The fourth-order valence-electron chi connectivity index (χ4n) is 3.89. The first-order chi connectivity index (χ1) is 15.2. The minimum absolute atomic E-state index is 0.401. The van der Waals surface area contributed by atoms with Crippen LogP contribution in [0.4, 0.5) is 0 Å². The van der Waals surface area contributed by atoms with E-state index in [4.69, 9.17) is 32.7 Å². The van der Waals surface area contributed by atoms with Gasteiger partial charge < -0.3 is 14.8 Å². The Bertz CT molecular complexity index is 1010. The first kappa shape index (κ1) is 22.4. The van der Waals surface area contributed by atoms with Gasteiger partial charge in [-0.15, -0.1) is 0 Å². The van der Waals surface area contributed by atoms with Gasteiger partial charge in [-0.3, -0.25) is 4.90 Å². The Morgan fingerprint density at radius 1 is 1.00 bits per heavy atom. The molecule has 3 aromatic rings. The molecule has 0 radical (unpaired) electrons. The van der Waals surface area contributed by atoms with E-state index in [1.54, 1.807) is 6.07 Å². The second kappa shape index (κ2) is 11.2. The molecular weight excluding hydrogens is 431 g/mol. The minimum Gasteiger partial charge on any atom is -0.488 e. The number of benzene rings is 3. The van der Waals surface area contributed by atoms with Crippen molar-refractivity contribution in [3.8, 4) is 5.75 Å². The van der Waals surface area contributed by atoms with Gasteiger partial charge in [-0.1, -0.05) is 59.6 Å². The molecule has 1 heterocycles. The molecule has 4 rings (SSSR count). The van der Waals surface area contributed by atoms with Crippen LogP contribution in [-0.4, -0.2) is 44.3 Å². The Morgan fingerprint density at radius 2 is 1.84 bits per heavy atom. The molecular formula is C25H28Cl2N2O2. The second-order valence-corrected chi connectivity index (χ2v) is 8.62. The predicted molar refractivity (Wildman–Crippen MR) is 128 cm³/mol. The van der Waals surface area contributed by atoms with Gasteiger partial charge in [0, 0.05) is 40.8 Å². The van der Waals surface area contributed by atoms with Crippen molar-refractivity contribution in [3.63, 3.8) is 0 Å². The molecule has 1 aliphatic heterocycles. The number of nitrogens with one attached hydrogen (secondary N) is 1. The van der Waals surface area contributed by atoms with Gasteiger partial charge in [-0.2, -0.15) is 0 Å². The summed E-state index contributed by atoms with van der Waals surface area (Å²) in [5.41, 5.74) is 2.10. The molecule has 1 fully saturated rings. The van der Waals surface area contributed by atoms with E-state index in [9.17, 15) is 0 Å². The largest absolute Gasteiger partial charge is 0.488 e. The lowest BCUT2D eigenvalue weighted by atomic mass is 10.0. The molecule has 0 atom stereocenters. The van der Waals surface area contributed by atoms with Crippen molar-refractivity contribution >= 4 is 34.0 Å². The third-order valence-corrected chi connectivity index (χ3v) is 6.22. The van der Waals surface area contributed by atoms with Crippen LogP contribution in [-0.2, 0) is 17.9 Å². The van der Waals surface area contributed by atoms with Gasteiger partial charge in [0.15, 0.2) is 0 Å². The van der Waals surface area contributed by atoms with E-state index in [1.165, 1.54) is 16.3 Å². The van der Waals surface area contributed by atoms with Crippen LogP contribution < -0.4 is 10.1 Å². The highest BCUT2D eigenvalue weighted by Crippen LogP contribution is 2.30. The third-order valence-electron chi connectivity index (χ3n) is 5.63. The SMILES string of the molecule is Clc1ccc(COc2ccc3ccccc3c2CNCCCN2CCOCC2)c(Cl)c1. The molecule has 31 heavy (non-hydrogen) atoms. The summed E-state index contributed by atoms with van der Waals surface area (Å²) >= 11 is 12.3. The number of hydrogen-bond acceptors (Lipinski definition) is 4. The van der Waals surface area contributed by atoms with Gasteiger partial charge in [0.1, 0.15) is 12.4 Å². The first-order valence-electron chi connectivity index (χ1n) is 10.8. The molecule has 0 bridgehead atoms. The number of morpholine rings is 1. The average molecular weight is 459 g/mol. The molecule has 0 saturated carbocycles. The van der Waals surface area contributed by atoms with Crippen molar-refractivity contribution in [1.82, 2.24) is 10.2 Å². The van der Waals surface area contributed by atoms with Gasteiger partial charge in [-0.05, 0) is 48.5 Å². The maximum Gasteiger partial charge on any atom is 0.124 e. The lowest BCUT2D eigenvalue weighted by Gasteiger charge is -2.26. The van der Waals surface area contributed by atoms with Gasteiger partial charge >= 0.3 is 0 Å². The summed E-state index contributed by atoms with van der Waals surface area (Å²) in [5, 5.41) is 7.28. The monoisotopic (exact) mass is 458 g/mol. The van der Waals surface area contributed by atoms with Crippen molar-refractivity contribution in [2.75, 3.05) is 39.4 Å². The van der Waals surface area contributed by atoms with E-state index in [0.717, 1.165) is 63.7 Å². The van der Waals surface area contributed by atoms with Crippen molar-refractivity contribution in [3.05, 3.63) is 75.8 Å². The molecule has 0 spiro atoms. The number of rotatable bonds is 9. The highest BCUT2D eigenvalue weighted by atomic mass is 35.5. The van der Waals surface area contributed by atoms with Crippen molar-refractivity contribution in [1.29, 1.82) is 0 Å². The fraction of sp³-hybridized carbons (Fsp3) is 0.360. The zero-order valence-corrected chi connectivity index (χ0v) is 19.1. The summed E-state index contributed by atoms with van der Waals surface area (Å²) in [4.78, 5) is 2.47. The summed E-state index contributed by atoms with van der Waals surface area (Å²) in [6, 6.07) is 18.1. The van der Waals surface area contributed by atoms with E-state index >= 15 is 0 Å². The van der Waals surface area contributed by atoms with Crippen LogP contribution in [0.5, 0.6) is 5.75 Å². The maximum absolute atomic E-state index is 6.32. The van der Waals surface area contributed by atoms with E-state index in [2.05, 4.69) is 46.6 Å². The van der Waals surface area contributed by atoms with Gasteiger partial charge in [0.25, 0.3) is 0 Å². The molecule has 1 aliphatic rings. The average Bonchev–Trinajstić information content (AvgIpc) is 2.79. The van der Waals surface area contributed by atoms with Crippen molar-refractivity contribution < 1.29 is 9.47 Å². The number of nitrogens with zero attached hydrogens (tertiary/aromatic N) is 1. The smallest absolute Gasteiger partial charge is 0.124 e. The van der Waals surface area contributed by atoms with Crippen molar-refractivity contribution in [2.24, 2.45) is 0 Å². The van der Waals surface area contributed by atoms with Crippen LogP contribution >= 0.6 is 23.2 Å². The molecule has 0 unspecified atom stereocenters. The Labute approximate surface area is 194 Å². The summed E-state index contributed by atoms with van der Waals surface area (Å²) in [5.74, 6) is 0.880. The summed E-state index contributed by atoms with van der Waals surface area (Å²) in [6.07, 6.45) is 1.11. The Kier molecular flexibility index (Phi) is 8.06. The van der Waals surface area contributed by atoms with Gasteiger partial charge in [0.05, 0.1) is 13.2 Å². The van der Waals surface area contributed by atoms with Crippen LogP contribution in [0.2, 0.25) is 10.0 Å². The molecule has 6 heteroatoms. The normalized spacial score (nSPS) is 14.8. The Hall–Kier alpha value is -1.82. The van der Waals surface area contributed by atoms with Gasteiger partial charge in [-0.25, -0.2) is 0 Å². The Balaban J connectivity index is 1.41. The van der Waals surface area contributed by atoms with Gasteiger partial charge in [0.2, 0.25) is 0 Å². The molecule has 4 nitrogen and oxygen atoms in total. The van der Waals surface area contributed by atoms with Crippen LogP contribution in [0.25, 0.3) is 10.8 Å². The molecule has 0 amide bonds. The minimum atomic E-state index is 0.401. The number of hydrogen-bond donors (Lipinski definition) is 1. The lowest BCUT2D eigenvalue weighted by Crippen LogP contribution is -2.37. The highest BCUT2D eigenvalue weighted by molar-refractivity contribution is 6.35. The maximum atomic E-state index is 6.32. The molecule has 0 aliphatic carbocycles. The number of ether oxygens (including phenoxy) is 2. The zero-order valence-electron chi connectivity index (χ0n) is 17.6. The van der Waals surface area contributed by atoms with Crippen LogP contribution in [0.1, 0.15) is 17.5 Å². The van der Waals surface area contributed by atoms with E-state index in [-0.39, 0.29) is 0 Å². The van der Waals surface area contributed by atoms with Crippen LogP contribution in [0.3, 0.4) is 0 Å². The van der Waals surface area contributed by atoms with Crippen molar-refractivity contribution in [2.45, 2.75) is 19.6 Å². The zero-order chi connectivity index (χ0) is 21.5. The van der Waals surface area contributed by atoms with E-state index < -0.39 is 0 Å².